The smallest absolute Gasteiger partial charge is 0.161 e. The second-order valence-corrected chi connectivity index (χ2v) is 5.93. The third-order valence-electron chi connectivity index (χ3n) is 1.95. The quantitative estimate of drug-likeness (QED) is 0.666. The van der Waals surface area contributed by atoms with E-state index in [1.807, 2.05) is 18.2 Å². The van der Waals surface area contributed by atoms with Gasteiger partial charge >= 0.3 is 0 Å². The zero-order valence-electron chi connectivity index (χ0n) is 7.92. The largest absolute Gasteiger partial charge is 0.383 e. The monoisotopic (exact) mass is 453 g/mol. The Bertz CT molecular complexity index is 496. The molecule has 3 nitrogen and oxygen atoms in total. The molecule has 0 bridgehead atoms. The fourth-order valence-corrected chi connectivity index (χ4v) is 2.04. The fraction of sp³-hybridized carbons (Fsp3) is 0. The van der Waals surface area contributed by atoms with Gasteiger partial charge in [0, 0.05) is 20.7 Å². The average molecular weight is 455 g/mol. The van der Waals surface area contributed by atoms with Crippen LogP contribution < -0.4 is 5.73 Å². The first kappa shape index (κ1) is 12.3. The molecule has 2 aromatic rings. The standard InChI is InChI=1S/C10H6Br2IN3/c11-6-2-1-5(3-7(6)12)10-15-4-8(13)9(14)16-10/h1-4H,(H2,14,15,16). The van der Waals surface area contributed by atoms with E-state index in [1.165, 1.54) is 0 Å². The maximum atomic E-state index is 5.75. The van der Waals surface area contributed by atoms with Crippen molar-refractivity contribution in [3.8, 4) is 11.4 Å². The molecule has 0 radical (unpaired) electrons. The first-order chi connectivity index (χ1) is 7.58. The second kappa shape index (κ2) is 4.97. The number of hydrogen-bond donors (Lipinski definition) is 1. The third kappa shape index (κ3) is 2.54. The molecule has 2 rings (SSSR count). The molecular weight excluding hydrogens is 449 g/mol. The molecule has 0 aliphatic rings. The van der Waals surface area contributed by atoms with Gasteiger partial charge in [-0.3, -0.25) is 0 Å². The molecule has 1 heterocycles. The number of aromatic nitrogens is 2. The van der Waals surface area contributed by atoms with Gasteiger partial charge in [-0.25, -0.2) is 9.97 Å². The molecule has 16 heavy (non-hydrogen) atoms. The molecule has 1 aromatic carbocycles. The number of nitrogens with two attached hydrogens (primary N) is 1. The van der Waals surface area contributed by atoms with Crippen molar-refractivity contribution < 1.29 is 0 Å². The molecule has 0 aliphatic heterocycles. The van der Waals surface area contributed by atoms with E-state index < -0.39 is 0 Å². The summed E-state index contributed by atoms with van der Waals surface area (Å²) in [6, 6.07) is 5.83. The van der Waals surface area contributed by atoms with Crippen molar-refractivity contribution in [3.63, 3.8) is 0 Å². The van der Waals surface area contributed by atoms with Crippen LogP contribution in [-0.2, 0) is 0 Å². The lowest BCUT2D eigenvalue weighted by molar-refractivity contribution is 1.17. The minimum Gasteiger partial charge on any atom is -0.383 e. The summed E-state index contributed by atoms with van der Waals surface area (Å²) in [6.45, 7) is 0. The topological polar surface area (TPSA) is 51.8 Å². The number of nitrogen functional groups attached to an aromatic ring is 1. The Balaban J connectivity index is 2.50. The highest BCUT2D eigenvalue weighted by Crippen LogP contribution is 2.28. The van der Waals surface area contributed by atoms with E-state index in [2.05, 4.69) is 64.4 Å². The molecule has 0 saturated heterocycles. The Hall–Kier alpha value is -0.210. The van der Waals surface area contributed by atoms with Crippen molar-refractivity contribution in [1.29, 1.82) is 0 Å². The lowest BCUT2D eigenvalue weighted by Gasteiger charge is -2.04. The van der Waals surface area contributed by atoms with Crippen LogP contribution in [0, 0.1) is 3.57 Å². The van der Waals surface area contributed by atoms with Gasteiger partial charge in [-0.2, -0.15) is 0 Å². The Morgan fingerprint density at radius 2 is 1.94 bits per heavy atom. The van der Waals surface area contributed by atoms with Gasteiger partial charge in [0.1, 0.15) is 5.82 Å². The van der Waals surface area contributed by atoms with Gasteiger partial charge in [0.15, 0.2) is 5.82 Å². The Morgan fingerprint density at radius 3 is 2.56 bits per heavy atom. The molecule has 0 atom stereocenters. The van der Waals surface area contributed by atoms with E-state index in [9.17, 15) is 0 Å². The van der Waals surface area contributed by atoms with Crippen molar-refractivity contribution in [2.24, 2.45) is 0 Å². The van der Waals surface area contributed by atoms with Crippen LogP contribution in [0.1, 0.15) is 0 Å². The molecule has 0 fully saturated rings. The predicted molar refractivity (Wildman–Crippen MR) is 80.0 cm³/mol. The third-order valence-corrected chi connectivity index (χ3v) is 4.66. The van der Waals surface area contributed by atoms with Crippen LogP contribution in [0.15, 0.2) is 33.3 Å². The Kier molecular flexibility index (Phi) is 3.81. The van der Waals surface area contributed by atoms with Gasteiger partial charge < -0.3 is 5.73 Å². The zero-order chi connectivity index (χ0) is 11.7. The van der Waals surface area contributed by atoms with E-state index in [-0.39, 0.29) is 0 Å². The van der Waals surface area contributed by atoms with Gasteiger partial charge in [-0.05, 0) is 72.6 Å². The van der Waals surface area contributed by atoms with Crippen LogP contribution in [0.4, 0.5) is 5.82 Å². The lowest BCUT2D eigenvalue weighted by atomic mass is 10.2. The SMILES string of the molecule is Nc1nc(-c2ccc(Br)c(Br)c2)ncc1I. The van der Waals surface area contributed by atoms with Crippen LogP contribution in [0.5, 0.6) is 0 Å². The number of nitrogens with zero attached hydrogens (tertiary/aromatic N) is 2. The number of benzene rings is 1. The Morgan fingerprint density at radius 1 is 1.19 bits per heavy atom. The predicted octanol–water partition coefficient (Wildman–Crippen LogP) is 3.86. The normalized spacial score (nSPS) is 10.4. The van der Waals surface area contributed by atoms with E-state index in [4.69, 9.17) is 5.73 Å². The van der Waals surface area contributed by atoms with Crippen LogP contribution in [0.3, 0.4) is 0 Å². The van der Waals surface area contributed by atoms with Crippen molar-refractivity contribution in [2.75, 3.05) is 5.73 Å². The molecule has 0 aliphatic carbocycles. The zero-order valence-corrected chi connectivity index (χ0v) is 13.2. The molecule has 1 aromatic heterocycles. The number of anilines is 1. The van der Waals surface area contributed by atoms with Crippen molar-refractivity contribution in [3.05, 3.63) is 36.9 Å². The summed E-state index contributed by atoms with van der Waals surface area (Å²) in [7, 11) is 0. The van der Waals surface area contributed by atoms with Crippen molar-refractivity contribution >= 4 is 60.3 Å². The average Bonchev–Trinajstić information content (AvgIpc) is 2.26. The van der Waals surface area contributed by atoms with Crippen LogP contribution in [0.2, 0.25) is 0 Å². The summed E-state index contributed by atoms with van der Waals surface area (Å²) in [5.41, 5.74) is 6.68. The minimum absolute atomic E-state index is 0.504. The molecule has 82 valence electrons. The summed E-state index contributed by atoms with van der Waals surface area (Å²) in [6.07, 6.45) is 1.72. The van der Waals surface area contributed by atoms with Crippen LogP contribution >= 0.6 is 54.5 Å². The molecular formula is C10H6Br2IN3. The summed E-state index contributed by atoms with van der Waals surface area (Å²) >= 11 is 8.96. The maximum absolute atomic E-state index is 5.75. The molecule has 0 amide bonds. The highest BCUT2D eigenvalue weighted by Gasteiger charge is 2.06. The fourth-order valence-electron chi connectivity index (χ4n) is 1.15. The van der Waals surface area contributed by atoms with E-state index in [0.29, 0.717) is 11.6 Å². The van der Waals surface area contributed by atoms with E-state index >= 15 is 0 Å². The molecule has 0 saturated carbocycles. The number of halogens is 3. The maximum Gasteiger partial charge on any atom is 0.161 e. The summed E-state index contributed by atoms with van der Waals surface area (Å²) in [4.78, 5) is 8.48. The minimum atomic E-state index is 0.504. The van der Waals surface area contributed by atoms with E-state index in [0.717, 1.165) is 18.1 Å². The summed E-state index contributed by atoms with van der Waals surface area (Å²) < 4.78 is 2.82. The molecule has 0 spiro atoms. The van der Waals surface area contributed by atoms with Crippen molar-refractivity contribution in [2.45, 2.75) is 0 Å². The number of rotatable bonds is 1. The molecule has 0 unspecified atom stereocenters. The Labute approximate surface area is 123 Å². The summed E-state index contributed by atoms with van der Waals surface area (Å²) in [5.74, 6) is 1.13. The van der Waals surface area contributed by atoms with Crippen LogP contribution in [-0.4, -0.2) is 9.97 Å². The molecule has 2 N–H and O–H groups in total. The lowest BCUT2D eigenvalue weighted by Crippen LogP contribution is -1.98. The first-order valence-electron chi connectivity index (χ1n) is 4.31. The highest BCUT2D eigenvalue weighted by atomic mass is 127. The second-order valence-electron chi connectivity index (χ2n) is 3.06. The van der Waals surface area contributed by atoms with Crippen LogP contribution in [0.25, 0.3) is 11.4 Å². The van der Waals surface area contributed by atoms with E-state index in [1.54, 1.807) is 6.20 Å². The first-order valence-corrected chi connectivity index (χ1v) is 6.98. The van der Waals surface area contributed by atoms with Gasteiger partial charge in [0.2, 0.25) is 0 Å². The summed E-state index contributed by atoms with van der Waals surface area (Å²) in [5, 5.41) is 0. The van der Waals surface area contributed by atoms with Gasteiger partial charge in [0.25, 0.3) is 0 Å². The van der Waals surface area contributed by atoms with Gasteiger partial charge in [0.05, 0.1) is 3.57 Å². The molecule has 6 heteroatoms. The highest BCUT2D eigenvalue weighted by molar-refractivity contribution is 14.1. The van der Waals surface area contributed by atoms with Gasteiger partial charge in [-0.15, -0.1) is 0 Å². The van der Waals surface area contributed by atoms with Crippen molar-refractivity contribution in [1.82, 2.24) is 9.97 Å². The number of hydrogen-bond acceptors (Lipinski definition) is 3. The van der Waals surface area contributed by atoms with Gasteiger partial charge in [-0.1, -0.05) is 0 Å².